The first-order valence-electron chi connectivity index (χ1n) is 7.99. The summed E-state index contributed by atoms with van der Waals surface area (Å²) in [7, 11) is 0. The van der Waals surface area contributed by atoms with Crippen LogP contribution in [0.5, 0.6) is 0 Å². The fraction of sp³-hybridized carbons (Fsp3) is 0.0476. The minimum absolute atomic E-state index is 0.222. The predicted octanol–water partition coefficient (Wildman–Crippen LogP) is 5.08. The van der Waals surface area contributed by atoms with Gasteiger partial charge in [-0.1, -0.05) is 66.7 Å². The van der Waals surface area contributed by atoms with E-state index in [1.54, 1.807) is 6.08 Å². The van der Waals surface area contributed by atoms with Crippen LogP contribution in [0.3, 0.4) is 0 Å². The first-order valence-corrected chi connectivity index (χ1v) is 8.80. The van der Waals surface area contributed by atoms with E-state index in [4.69, 9.17) is 0 Å². The standard InChI is InChI=1S/C21H15NO2S/c23-20-19(13-15-6-2-1-3-7-15)25-21(24)22(20)14-16-10-11-17-8-4-5-9-18(17)12-16/h1-13H,14H2/b19-13-. The van der Waals surface area contributed by atoms with Gasteiger partial charge in [0.25, 0.3) is 11.1 Å². The topological polar surface area (TPSA) is 37.4 Å². The van der Waals surface area contributed by atoms with E-state index in [-0.39, 0.29) is 11.1 Å². The summed E-state index contributed by atoms with van der Waals surface area (Å²) < 4.78 is 0. The fourth-order valence-electron chi connectivity index (χ4n) is 2.86. The highest BCUT2D eigenvalue weighted by molar-refractivity contribution is 8.18. The molecule has 0 saturated carbocycles. The monoisotopic (exact) mass is 345 g/mol. The number of carbonyl (C=O) groups is 2. The SMILES string of the molecule is O=C1S/C(=C\c2ccccc2)C(=O)N1Cc1ccc2ccccc2c1. The molecule has 3 aromatic rings. The number of rotatable bonds is 3. The molecular weight excluding hydrogens is 330 g/mol. The quantitative estimate of drug-likeness (QED) is 0.622. The van der Waals surface area contributed by atoms with E-state index in [0.29, 0.717) is 11.4 Å². The first kappa shape index (κ1) is 15.7. The van der Waals surface area contributed by atoms with Crippen LogP contribution in [0.1, 0.15) is 11.1 Å². The highest BCUT2D eigenvalue weighted by Crippen LogP contribution is 2.33. The molecule has 0 N–H and O–H groups in total. The largest absolute Gasteiger partial charge is 0.293 e. The summed E-state index contributed by atoms with van der Waals surface area (Å²) in [5.74, 6) is -0.230. The lowest BCUT2D eigenvalue weighted by Crippen LogP contribution is -2.27. The molecule has 0 spiro atoms. The second-order valence-corrected chi connectivity index (χ2v) is 6.85. The van der Waals surface area contributed by atoms with E-state index in [2.05, 4.69) is 0 Å². The molecule has 4 rings (SSSR count). The zero-order valence-electron chi connectivity index (χ0n) is 13.4. The minimum Gasteiger partial charge on any atom is -0.268 e. The number of imide groups is 1. The van der Waals surface area contributed by atoms with Crippen LogP contribution in [0.15, 0.2) is 77.7 Å². The van der Waals surface area contributed by atoms with Crippen molar-refractivity contribution in [3.63, 3.8) is 0 Å². The van der Waals surface area contributed by atoms with Gasteiger partial charge in [0, 0.05) is 0 Å². The van der Waals surface area contributed by atoms with Crippen LogP contribution in [0.25, 0.3) is 16.8 Å². The van der Waals surface area contributed by atoms with Crippen LogP contribution in [0, 0.1) is 0 Å². The van der Waals surface area contributed by atoms with Crippen molar-refractivity contribution >= 4 is 39.8 Å². The lowest BCUT2D eigenvalue weighted by Gasteiger charge is -2.13. The highest BCUT2D eigenvalue weighted by atomic mass is 32.2. The molecule has 0 atom stereocenters. The molecule has 0 radical (unpaired) electrons. The summed E-state index contributed by atoms with van der Waals surface area (Å²) in [6, 6.07) is 23.6. The van der Waals surface area contributed by atoms with Crippen LogP contribution < -0.4 is 0 Å². The molecular formula is C21H15NO2S. The Kier molecular flexibility index (Phi) is 4.12. The Morgan fingerprint density at radius 1 is 0.840 bits per heavy atom. The zero-order chi connectivity index (χ0) is 17.2. The molecule has 1 saturated heterocycles. The van der Waals surface area contributed by atoms with Crippen molar-refractivity contribution in [1.29, 1.82) is 0 Å². The number of hydrogen-bond acceptors (Lipinski definition) is 3. The van der Waals surface area contributed by atoms with Gasteiger partial charge < -0.3 is 0 Å². The van der Waals surface area contributed by atoms with Gasteiger partial charge in [-0.3, -0.25) is 14.5 Å². The third-order valence-corrected chi connectivity index (χ3v) is 5.03. The number of hydrogen-bond donors (Lipinski definition) is 0. The minimum atomic E-state index is -0.230. The van der Waals surface area contributed by atoms with Crippen molar-refractivity contribution in [2.45, 2.75) is 6.54 Å². The van der Waals surface area contributed by atoms with Crippen LogP contribution in [0.2, 0.25) is 0 Å². The van der Waals surface area contributed by atoms with E-state index in [1.807, 2.05) is 72.8 Å². The maximum atomic E-state index is 12.6. The Bertz CT molecular complexity index is 995. The van der Waals surface area contributed by atoms with Crippen LogP contribution >= 0.6 is 11.8 Å². The van der Waals surface area contributed by atoms with E-state index in [0.717, 1.165) is 33.7 Å². The summed E-state index contributed by atoms with van der Waals surface area (Å²) in [6.45, 7) is 0.293. The molecule has 3 nitrogen and oxygen atoms in total. The average molecular weight is 345 g/mol. The molecule has 0 bridgehead atoms. The zero-order valence-corrected chi connectivity index (χ0v) is 14.2. The summed E-state index contributed by atoms with van der Waals surface area (Å²) >= 11 is 0.998. The second kappa shape index (κ2) is 6.57. The Hall–Kier alpha value is -2.85. The van der Waals surface area contributed by atoms with Gasteiger partial charge in [0.1, 0.15) is 0 Å². The van der Waals surface area contributed by atoms with Crippen molar-refractivity contribution in [2.75, 3.05) is 0 Å². The van der Waals surface area contributed by atoms with Gasteiger partial charge >= 0.3 is 0 Å². The molecule has 0 unspecified atom stereocenters. The number of carbonyl (C=O) groups excluding carboxylic acids is 2. The summed E-state index contributed by atoms with van der Waals surface area (Å²) in [5.41, 5.74) is 1.86. The van der Waals surface area contributed by atoms with Gasteiger partial charge in [0.2, 0.25) is 0 Å². The second-order valence-electron chi connectivity index (χ2n) is 5.86. The van der Waals surface area contributed by atoms with Gasteiger partial charge in [-0.05, 0) is 45.8 Å². The molecule has 4 heteroatoms. The van der Waals surface area contributed by atoms with Crippen LogP contribution in [0.4, 0.5) is 4.79 Å². The summed E-state index contributed by atoms with van der Waals surface area (Å²) in [6.07, 6.45) is 1.77. The number of fused-ring (bicyclic) bond motifs is 1. The molecule has 25 heavy (non-hydrogen) atoms. The Morgan fingerprint density at radius 3 is 2.36 bits per heavy atom. The number of nitrogens with zero attached hydrogens (tertiary/aromatic N) is 1. The maximum Gasteiger partial charge on any atom is 0.293 e. The molecule has 1 aliphatic heterocycles. The summed E-state index contributed by atoms with van der Waals surface area (Å²) in [4.78, 5) is 26.7. The Labute approximate surface area is 150 Å². The van der Waals surface area contributed by atoms with E-state index < -0.39 is 0 Å². The average Bonchev–Trinajstić information content (AvgIpc) is 2.90. The maximum absolute atomic E-state index is 12.6. The van der Waals surface area contributed by atoms with Gasteiger partial charge in [-0.2, -0.15) is 0 Å². The normalized spacial score (nSPS) is 16.2. The number of thioether (sulfide) groups is 1. The predicted molar refractivity (Wildman–Crippen MR) is 102 cm³/mol. The van der Waals surface area contributed by atoms with Gasteiger partial charge in [0.15, 0.2) is 0 Å². The summed E-state index contributed by atoms with van der Waals surface area (Å²) in [5, 5.41) is 2.02. The smallest absolute Gasteiger partial charge is 0.268 e. The lowest BCUT2D eigenvalue weighted by molar-refractivity contribution is -0.123. The first-order chi connectivity index (χ1) is 12.2. The molecule has 1 fully saturated rings. The van der Waals surface area contributed by atoms with Gasteiger partial charge in [0.05, 0.1) is 11.4 Å². The molecule has 3 aromatic carbocycles. The molecule has 1 aliphatic rings. The molecule has 0 aliphatic carbocycles. The highest BCUT2D eigenvalue weighted by Gasteiger charge is 2.34. The third kappa shape index (κ3) is 3.21. The Morgan fingerprint density at radius 2 is 1.56 bits per heavy atom. The molecule has 0 aromatic heterocycles. The van der Waals surface area contributed by atoms with Gasteiger partial charge in [-0.15, -0.1) is 0 Å². The van der Waals surface area contributed by atoms with E-state index in [1.165, 1.54) is 4.90 Å². The number of benzene rings is 3. The van der Waals surface area contributed by atoms with Crippen molar-refractivity contribution in [3.8, 4) is 0 Å². The molecule has 1 heterocycles. The van der Waals surface area contributed by atoms with Crippen LogP contribution in [-0.4, -0.2) is 16.0 Å². The lowest BCUT2D eigenvalue weighted by atomic mass is 10.1. The van der Waals surface area contributed by atoms with E-state index >= 15 is 0 Å². The fourth-order valence-corrected chi connectivity index (χ4v) is 3.69. The number of amides is 2. The van der Waals surface area contributed by atoms with E-state index in [9.17, 15) is 9.59 Å². The van der Waals surface area contributed by atoms with Crippen molar-refractivity contribution in [2.24, 2.45) is 0 Å². The molecule has 2 amide bonds. The molecule has 122 valence electrons. The van der Waals surface area contributed by atoms with Crippen molar-refractivity contribution in [1.82, 2.24) is 4.90 Å². The van der Waals surface area contributed by atoms with Crippen molar-refractivity contribution < 1.29 is 9.59 Å². The van der Waals surface area contributed by atoms with Gasteiger partial charge in [-0.25, -0.2) is 0 Å². The van der Waals surface area contributed by atoms with Crippen molar-refractivity contribution in [3.05, 3.63) is 88.8 Å². The van der Waals surface area contributed by atoms with Crippen LogP contribution in [-0.2, 0) is 11.3 Å². The third-order valence-electron chi connectivity index (χ3n) is 4.13. The Balaban J connectivity index is 1.59.